The molecule has 0 radical (unpaired) electrons. The van der Waals surface area contributed by atoms with Gasteiger partial charge < -0.3 is 15.7 Å². The van der Waals surface area contributed by atoms with Gasteiger partial charge in [-0.15, -0.1) is 0 Å². The molecule has 1 aliphatic heterocycles. The number of rotatable bonds is 3. The molecule has 1 unspecified atom stereocenters. The maximum atomic E-state index is 8.59. The van der Waals surface area contributed by atoms with Gasteiger partial charge in [0.2, 0.25) is 0 Å². The lowest BCUT2D eigenvalue weighted by Crippen LogP contribution is -2.42. The first-order chi connectivity index (χ1) is 8.70. The van der Waals surface area contributed by atoms with E-state index in [1.165, 1.54) is 5.56 Å². The quantitative estimate of drug-likeness (QED) is 0.363. The van der Waals surface area contributed by atoms with Crippen LogP contribution < -0.4 is 5.73 Å². The number of nitrogens with two attached hydrogens (primary N) is 1. The summed E-state index contributed by atoms with van der Waals surface area (Å²) < 4.78 is 5.41. The average molecular weight is 249 g/mol. The largest absolute Gasteiger partial charge is 0.409 e. The number of hydrogen-bond donors (Lipinski definition) is 2. The van der Waals surface area contributed by atoms with Crippen LogP contribution in [0, 0.1) is 0 Å². The molecule has 1 aromatic carbocycles. The van der Waals surface area contributed by atoms with Crippen LogP contribution in [0.15, 0.2) is 29.4 Å². The first-order valence-electron chi connectivity index (χ1n) is 6.09. The minimum Gasteiger partial charge on any atom is -0.409 e. The van der Waals surface area contributed by atoms with Gasteiger partial charge in [-0.2, -0.15) is 0 Å². The summed E-state index contributed by atoms with van der Waals surface area (Å²) in [5.41, 5.74) is 7.48. The highest BCUT2D eigenvalue weighted by Gasteiger charge is 2.18. The van der Waals surface area contributed by atoms with Gasteiger partial charge in [-0.1, -0.05) is 29.4 Å². The zero-order valence-corrected chi connectivity index (χ0v) is 10.5. The Balaban J connectivity index is 2.01. The smallest absolute Gasteiger partial charge is 0.170 e. The van der Waals surface area contributed by atoms with Gasteiger partial charge in [0.1, 0.15) is 0 Å². The van der Waals surface area contributed by atoms with Crippen molar-refractivity contribution < 1.29 is 9.94 Å². The summed E-state index contributed by atoms with van der Waals surface area (Å²) in [6, 6.07) is 8.21. The summed E-state index contributed by atoms with van der Waals surface area (Å²) in [6.45, 7) is 5.63. The second-order valence-corrected chi connectivity index (χ2v) is 4.58. The summed E-state index contributed by atoms with van der Waals surface area (Å²) in [6.07, 6.45) is 0. The highest BCUT2D eigenvalue weighted by Crippen LogP contribution is 2.12. The molecule has 1 heterocycles. The molecule has 0 saturated carbocycles. The Morgan fingerprint density at radius 1 is 1.50 bits per heavy atom. The van der Waals surface area contributed by atoms with Gasteiger partial charge in [-0.3, -0.25) is 4.90 Å². The van der Waals surface area contributed by atoms with E-state index < -0.39 is 0 Å². The molecule has 0 bridgehead atoms. The lowest BCUT2D eigenvalue weighted by atomic mass is 10.1. The molecule has 98 valence electrons. The maximum absolute atomic E-state index is 8.59. The van der Waals surface area contributed by atoms with Crippen LogP contribution in [-0.4, -0.2) is 41.7 Å². The molecule has 18 heavy (non-hydrogen) atoms. The van der Waals surface area contributed by atoms with Crippen LogP contribution in [0.3, 0.4) is 0 Å². The van der Waals surface area contributed by atoms with Crippen LogP contribution in [0.2, 0.25) is 0 Å². The SMILES string of the molecule is CC1COCCN1Cc1ccc(/C(N)=N/O)cc1. The van der Waals surface area contributed by atoms with E-state index in [4.69, 9.17) is 15.7 Å². The molecular weight excluding hydrogens is 230 g/mol. The van der Waals surface area contributed by atoms with Crippen molar-refractivity contribution in [1.82, 2.24) is 4.90 Å². The lowest BCUT2D eigenvalue weighted by Gasteiger charge is -2.33. The minimum atomic E-state index is 0.140. The summed E-state index contributed by atoms with van der Waals surface area (Å²) in [7, 11) is 0. The van der Waals surface area contributed by atoms with Gasteiger partial charge in [-0.25, -0.2) is 0 Å². The Morgan fingerprint density at radius 3 is 2.83 bits per heavy atom. The summed E-state index contributed by atoms with van der Waals surface area (Å²) in [5.74, 6) is 0.140. The van der Waals surface area contributed by atoms with Crippen molar-refractivity contribution in [3.8, 4) is 0 Å². The van der Waals surface area contributed by atoms with E-state index in [-0.39, 0.29) is 5.84 Å². The number of morpholine rings is 1. The number of hydrogen-bond acceptors (Lipinski definition) is 4. The highest BCUT2D eigenvalue weighted by molar-refractivity contribution is 5.96. The van der Waals surface area contributed by atoms with Crippen LogP contribution in [0.5, 0.6) is 0 Å². The molecule has 1 atom stereocenters. The fourth-order valence-corrected chi connectivity index (χ4v) is 2.07. The molecule has 3 N–H and O–H groups in total. The summed E-state index contributed by atoms with van der Waals surface area (Å²) in [4.78, 5) is 2.39. The number of oxime groups is 1. The van der Waals surface area contributed by atoms with E-state index in [0.29, 0.717) is 6.04 Å². The lowest BCUT2D eigenvalue weighted by molar-refractivity contribution is -0.00436. The Morgan fingerprint density at radius 2 is 2.22 bits per heavy atom. The van der Waals surface area contributed by atoms with Crippen molar-refractivity contribution >= 4 is 5.84 Å². The third kappa shape index (κ3) is 3.00. The zero-order chi connectivity index (χ0) is 13.0. The molecule has 0 aromatic heterocycles. The second kappa shape index (κ2) is 5.84. The molecule has 0 aliphatic carbocycles. The molecule has 5 nitrogen and oxygen atoms in total. The normalized spacial score (nSPS) is 22.1. The standard InChI is InChI=1S/C13H19N3O2/c1-10-9-18-7-6-16(10)8-11-2-4-12(5-3-11)13(14)15-17/h2-5,10,17H,6-9H2,1H3,(H2,14,15). The van der Waals surface area contributed by atoms with Crippen molar-refractivity contribution in [3.63, 3.8) is 0 Å². The predicted octanol–water partition coefficient (Wildman–Crippen LogP) is 1.00. The number of amidine groups is 1. The van der Waals surface area contributed by atoms with E-state index >= 15 is 0 Å². The van der Waals surface area contributed by atoms with E-state index in [2.05, 4.69) is 17.0 Å². The van der Waals surface area contributed by atoms with Gasteiger partial charge in [0, 0.05) is 24.7 Å². The fraction of sp³-hybridized carbons (Fsp3) is 0.462. The second-order valence-electron chi connectivity index (χ2n) is 4.58. The Kier molecular flexibility index (Phi) is 4.17. The van der Waals surface area contributed by atoms with Crippen molar-refractivity contribution in [3.05, 3.63) is 35.4 Å². The number of nitrogens with zero attached hydrogens (tertiary/aromatic N) is 2. The number of benzene rings is 1. The van der Waals surface area contributed by atoms with Crippen LogP contribution in [-0.2, 0) is 11.3 Å². The van der Waals surface area contributed by atoms with E-state index in [1.54, 1.807) is 0 Å². The Bertz CT molecular complexity index is 417. The molecule has 1 fully saturated rings. The first kappa shape index (κ1) is 12.9. The summed E-state index contributed by atoms with van der Waals surface area (Å²) >= 11 is 0. The van der Waals surface area contributed by atoms with Crippen molar-refractivity contribution in [1.29, 1.82) is 0 Å². The van der Waals surface area contributed by atoms with Crippen LogP contribution >= 0.6 is 0 Å². The van der Waals surface area contributed by atoms with Crippen LogP contribution in [0.4, 0.5) is 0 Å². The molecule has 1 aromatic rings. The van der Waals surface area contributed by atoms with Gasteiger partial charge in [0.15, 0.2) is 5.84 Å². The van der Waals surface area contributed by atoms with Gasteiger partial charge in [-0.05, 0) is 12.5 Å². The maximum Gasteiger partial charge on any atom is 0.170 e. The molecule has 0 spiro atoms. The first-order valence-corrected chi connectivity index (χ1v) is 6.09. The van der Waals surface area contributed by atoms with Crippen molar-refractivity contribution in [2.75, 3.05) is 19.8 Å². The van der Waals surface area contributed by atoms with E-state index in [9.17, 15) is 0 Å². The monoisotopic (exact) mass is 249 g/mol. The predicted molar refractivity (Wildman–Crippen MR) is 69.6 cm³/mol. The average Bonchev–Trinajstić information content (AvgIpc) is 2.41. The van der Waals surface area contributed by atoms with E-state index in [0.717, 1.165) is 31.9 Å². The fourth-order valence-electron chi connectivity index (χ4n) is 2.07. The third-order valence-electron chi connectivity index (χ3n) is 3.25. The molecular formula is C13H19N3O2. The summed E-state index contributed by atoms with van der Waals surface area (Å²) in [5, 5.41) is 11.6. The Hall–Kier alpha value is -1.59. The molecule has 5 heteroatoms. The van der Waals surface area contributed by atoms with Crippen LogP contribution in [0.1, 0.15) is 18.1 Å². The Labute approximate surface area is 107 Å². The highest BCUT2D eigenvalue weighted by atomic mass is 16.5. The zero-order valence-electron chi connectivity index (χ0n) is 10.5. The topological polar surface area (TPSA) is 71.1 Å². The van der Waals surface area contributed by atoms with Crippen molar-refractivity contribution in [2.24, 2.45) is 10.9 Å². The molecule has 0 amide bonds. The molecule has 2 rings (SSSR count). The molecule has 1 saturated heterocycles. The van der Waals surface area contributed by atoms with Gasteiger partial charge in [0.25, 0.3) is 0 Å². The number of ether oxygens (including phenoxy) is 1. The molecule has 1 aliphatic rings. The van der Waals surface area contributed by atoms with Crippen molar-refractivity contribution in [2.45, 2.75) is 19.5 Å². The van der Waals surface area contributed by atoms with E-state index in [1.807, 2.05) is 24.3 Å². The van der Waals surface area contributed by atoms with Gasteiger partial charge in [0.05, 0.1) is 13.2 Å². The van der Waals surface area contributed by atoms with Crippen LogP contribution in [0.25, 0.3) is 0 Å². The van der Waals surface area contributed by atoms with Gasteiger partial charge >= 0.3 is 0 Å². The minimum absolute atomic E-state index is 0.140. The third-order valence-corrected chi connectivity index (χ3v) is 3.25.